The second-order valence-corrected chi connectivity index (χ2v) is 4.94. The van der Waals surface area contributed by atoms with Gasteiger partial charge in [-0.05, 0) is 54.7 Å². The van der Waals surface area contributed by atoms with Crippen LogP contribution >= 0.6 is 11.6 Å². The third kappa shape index (κ3) is 2.21. The van der Waals surface area contributed by atoms with E-state index in [0.717, 1.165) is 39.9 Å². The van der Waals surface area contributed by atoms with Crippen molar-refractivity contribution in [2.75, 3.05) is 5.73 Å². The molecule has 0 aliphatic rings. The first kappa shape index (κ1) is 12.9. The number of hydrogen-bond donors (Lipinski definition) is 1. The zero-order valence-electron chi connectivity index (χ0n) is 10.9. The predicted molar refractivity (Wildman–Crippen MR) is 77.9 cm³/mol. The van der Waals surface area contributed by atoms with Crippen molar-refractivity contribution in [3.63, 3.8) is 0 Å². The van der Waals surface area contributed by atoms with Gasteiger partial charge in [-0.15, -0.1) is 0 Å². The van der Waals surface area contributed by atoms with Crippen molar-refractivity contribution in [2.45, 2.75) is 27.2 Å². The van der Waals surface area contributed by atoms with Crippen molar-refractivity contribution in [2.24, 2.45) is 0 Å². The summed E-state index contributed by atoms with van der Waals surface area (Å²) in [6.45, 7) is 6.16. The number of nitrogens with two attached hydrogens (primary N) is 1. The Labute approximate surface area is 113 Å². The molecular weight excluding hydrogens is 244 g/mol. The van der Waals surface area contributed by atoms with Crippen LogP contribution in [0.3, 0.4) is 0 Å². The Balaban J connectivity index is 2.68. The number of anilines is 1. The maximum absolute atomic E-state index is 6.26. The zero-order valence-corrected chi connectivity index (χ0v) is 11.7. The lowest BCUT2D eigenvalue weighted by molar-refractivity contribution is 1.14. The lowest BCUT2D eigenvalue weighted by Crippen LogP contribution is -1.98. The molecule has 0 aliphatic heterocycles. The highest BCUT2D eigenvalue weighted by molar-refractivity contribution is 6.33. The molecule has 2 N–H and O–H groups in total. The molecule has 0 spiro atoms. The summed E-state index contributed by atoms with van der Waals surface area (Å²) < 4.78 is 0. The van der Waals surface area contributed by atoms with Crippen molar-refractivity contribution in [1.29, 1.82) is 0 Å². The molecular formula is C15H17ClN2. The quantitative estimate of drug-likeness (QED) is 0.824. The molecule has 0 unspecified atom stereocenters. The third-order valence-corrected chi connectivity index (χ3v) is 3.52. The van der Waals surface area contributed by atoms with Crippen LogP contribution in [0, 0.1) is 13.8 Å². The molecule has 0 saturated carbocycles. The number of nitrogens with zero attached hydrogens (tertiary/aromatic N) is 1. The van der Waals surface area contributed by atoms with Gasteiger partial charge in [0, 0.05) is 23.6 Å². The van der Waals surface area contributed by atoms with Crippen LogP contribution in [0.4, 0.5) is 5.69 Å². The first-order valence-corrected chi connectivity index (χ1v) is 6.41. The summed E-state index contributed by atoms with van der Waals surface area (Å²) >= 11 is 6.26. The first-order valence-electron chi connectivity index (χ1n) is 6.04. The molecule has 1 aromatic heterocycles. The fourth-order valence-corrected chi connectivity index (χ4v) is 2.52. The van der Waals surface area contributed by atoms with E-state index in [1.165, 1.54) is 0 Å². The van der Waals surface area contributed by atoms with E-state index in [1.807, 2.05) is 20.0 Å². The number of nitrogen functional groups attached to an aromatic ring is 1. The van der Waals surface area contributed by atoms with E-state index in [-0.39, 0.29) is 0 Å². The summed E-state index contributed by atoms with van der Waals surface area (Å²) in [6.07, 6.45) is 4.43. The molecule has 0 fully saturated rings. The maximum atomic E-state index is 6.26. The number of hydrogen-bond acceptors (Lipinski definition) is 2. The zero-order chi connectivity index (χ0) is 13.3. The standard InChI is InChI=1S/C15H17ClN2/c1-4-11-6-12(5-9(2)15(11)17)14-10(3)7-18-8-13(14)16/h5-8H,4,17H2,1-3H3. The van der Waals surface area contributed by atoms with E-state index in [2.05, 4.69) is 24.0 Å². The summed E-state index contributed by atoms with van der Waals surface area (Å²) in [4.78, 5) is 4.10. The van der Waals surface area contributed by atoms with Gasteiger partial charge in [0.25, 0.3) is 0 Å². The molecule has 2 rings (SSSR count). The van der Waals surface area contributed by atoms with Crippen LogP contribution in [0.15, 0.2) is 24.5 Å². The minimum atomic E-state index is 0.682. The SMILES string of the molecule is CCc1cc(-c2c(C)cncc2Cl)cc(C)c1N. The van der Waals surface area contributed by atoms with E-state index in [1.54, 1.807) is 6.20 Å². The second-order valence-electron chi connectivity index (χ2n) is 4.53. The number of aromatic nitrogens is 1. The molecule has 0 aliphatic carbocycles. The fourth-order valence-electron chi connectivity index (χ4n) is 2.21. The summed E-state index contributed by atoms with van der Waals surface area (Å²) in [7, 11) is 0. The Kier molecular flexibility index (Phi) is 3.58. The molecule has 94 valence electrons. The Morgan fingerprint density at radius 2 is 1.89 bits per heavy atom. The number of rotatable bonds is 2. The van der Waals surface area contributed by atoms with E-state index >= 15 is 0 Å². The average molecular weight is 261 g/mol. The number of halogens is 1. The van der Waals surface area contributed by atoms with E-state index in [9.17, 15) is 0 Å². The summed E-state index contributed by atoms with van der Waals surface area (Å²) in [5.74, 6) is 0. The summed E-state index contributed by atoms with van der Waals surface area (Å²) in [5, 5.41) is 0.682. The molecule has 1 aromatic carbocycles. The monoisotopic (exact) mass is 260 g/mol. The van der Waals surface area contributed by atoms with E-state index < -0.39 is 0 Å². The van der Waals surface area contributed by atoms with Gasteiger partial charge in [-0.25, -0.2) is 0 Å². The van der Waals surface area contributed by atoms with Crippen molar-refractivity contribution in [3.05, 3.63) is 46.2 Å². The molecule has 3 heteroatoms. The van der Waals surface area contributed by atoms with Gasteiger partial charge in [-0.2, -0.15) is 0 Å². The molecule has 1 heterocycles. The number of pyridine rings is 1. The summed E-state index contributed by atoms with van der Waals surface area (Å²) in [5.41, 5.74) is 12.4. The number of aryl methyl sites for hydroxylation is 3. The minimum absolute atomic E-state index is 0.682. The van der Waals surface area contributed by atoms with Gasteiger partial charge in [0.05, 0.1) is 5.02 Å². The second kappa shape index (κ2) is 4.99. The highest BCUT2D eigenvalue weighted by Gasteiger charge is 2.11. The molecule has 0 amide bonds. The molecule has 0 atom stereocenters. The van der Waals surface area contributed by atoms with Crippen molar-refractivity contribution < 1.29 is 0 Å². The molecule has 2 aromatic rings. The van der Waals surface area contributed by atoms with Gasteiger partial charge in [0.1, 0.15) is 0 Å². The Morgan fingerprint density at radius 3 is 2.50 bits per heavy atom. The summed E-state index contributed by atoms with van der Waals surface area (Å²) in [6, 6.07) is 4.21. The highest BCUT2D eigenvalue weighted by atomic mass is 35.5. The topological polar surface area (TPSA) is 38.9 Å². The van der Waals surface area contributed by atoms with Gasteiger partial charge < -0.3 is 5.73 Å². The third-order valence-electron chi connectivity index (χ3n) is 3.23. The Hall–Kier alpha value is -1.54. The molecule has 0 bridgehead atoms. The minimum Gasteiger partial charge on any atom is -0.398 e. The maximum Gasteiger partial charge on any atom is 0.0670 e. The number of benzene rings is 1. The normalized spacial score (nSPS) is 10.7. The lowest BCUT2D eigenvalue weighted by Gasteiger charge is -2.13. The van der Waals surface area contributed by atoms with Gasteiger partial charge in [0.15, 0.2) is 0 Å². The van der Waals surface area contributed by atoms with Crippen LogP contribution < -0.4 is 5.73 Å². The van der Waals surface area contributed by atoms with E-state index in [4.69, 9.17) is 17.3 Å². The van der Waals surface area contributed by atoms with Crippen molar-refractivity contribution in [3.8, 4) is 11.1 Å². The molecule has 2 nitrogen and oxygen atoms in total. The Morgan fingerprint density at radius 1 is 1.17 bits per heavy atom. The first-order chi connectivity index (χ1) is 8.54. The van der Waals surface area contributed by atoms with Crippen LogP contribution in [-0.2, 0) is 6.42 Å². The van der Waals surface area contributed by atoms with Crippen LogP contribution in [-0.4, -0.2) is 4.98 Å². The largest absolute Gasteiger partial charge is 0.398 e. The van der Waals surface area contributed by atoms with Gasteiger partial charge >= 0.3 is 0 Å². The fraction of sp³-hybridized carbons (Fsp3) is 0.267. The highest BCUT2D eigenvalue weighted by Crippen LogP contribution is 2.33. The van der Waals surface area contributed by atoms with Gasteiger partial charge in [-0.3, -0.25) is 4.98 Å². The van der Waals surface area contributed by atoms with Gasteiger partial charge in [-0.1, -0.05) is 18.5 Å². The lowest BCUT2D eigenvalue weighted by atomic mass is 9.96. The van der Waals surface area contributed by atoms with Crippen LogP contribution in [0.25, 0.3) is 11.1 Å². The molecule has 0 radical (unpaired) electrons. The van der Waals surface area contributed by atoms with Crippen LogP contribution in [0.1, 0.15) is 23.6 Å². The average Bonchev–Trinajstić information content (AvgIpc) is 2.33. The van der Waals surface area contributed by atoms with Crippen LogP contribution in [0.2, 0.25) is 5.02 Å². The van der Waals surface area contributed by atoms with E-state index in [0.29, 0.717) is 5.02 Å². The van der Waals surface area contributed by atoms with Crippen LogP contribution in [0.5, 0.6) is 0 Å². The van der Waals surface area contributed by atoms with Crippen molar-refractivity contribution >= 4 is 17.3 Å². The van der Waals surface area contributed by atoms with Crippen molar-refractivity contribution in [1.82, 2.24) is 4.98 Å². The predicted octanol–water partition coefficient (Wildman–Crippen LogP) is 4.16. The van der Waals surface area contributed by atoms with Gasteiger partial charge in [0.2, 0.25) is 0 Å². The Bertz CT molecular complexity index is 571. The molecule has 18 heavy (non-hydrogen) atoms. The smallest absolute Gasteiger partial charge is 0.0670 e. The molecule has 0 saturated heterocycles.